The molecule has 1 aliphatic rings. The van der Waals surface area contributed by atoms with Crippen molar-refractivity contribution < 1.29 is 4.74 Å². The maximum atomic E-state index is 6.19. The highest BCUT2D eigenvalue weighted by Gasteiger charge is 2.25. The maximum Gasteiger partial charge on any atom is 0.138 e. The van der Waals surface area contributed by atoms with E-state index in [1.54, 1.807) is 0 Å². The number of hydrogen-bond acceptors (Lipinski definition) is 3. The quantitative estimate of drug-likeness (QED) is 0.892. The second-order valence-electron chi connectivity index (χ2n) is 4.91. The third kappa shape index (κ3) is 3.35. The van der Waals surface area contributed by atoms with Crippen LogP contribution < -0.4 is 10.5 Å². The molecule has 17 heavy (non-hydrogen) atoms. The maximum absolute atomic E-state index is 6.19. The van der Waals surface area contributed by atoms with Crippen molar-refractivity contribution in [2.24, 2.45) is 5.73 Å². The number of benzene rings is 1. The summed E-state index contributed by atoms with van der Waals surface area (Å²) in [7, 11) is 2.08. The van der Waals surface area contributed by atoms with Crippen LogP contribution in [0.2, 0.25) is 5.02 Å². The van der Waals surface area contributed by atoms with Crippen molar-refractivity contribution in [1.29, 1.82) is 0 Å². The number of likely N-dealkylation sites (tertiary alicyclic amines) is 1. The Morgan fingerprint density at radius 3 is 2.76 bits per heavy atom. The zero-order valence-electron chi connectivity index (χ0n) is 10.3. The van der Waals surface area contributed by atoms with Crippen molar-refractivity contribution in [3.63, 3.8) is 0 Å². The molecule has 1 heterocycles. The van der Waals surface area contributed by atoms with Crippen LogP contribution in [0.3, 0.4) is 0 Å². The Hall–Kier alpha value is -0.770. The molecule has 0 amide bonds. The summed E-state index contributed by atoms with van der Waals surface area (Å²) in [6, 6.07) is 6.08. The fraction of sp³-hybridized carbons (Fsp3) is 0.538. The summed E-state index contributed by atoms with van der Waals surface area (Å²) in [6.07, 6.45) is 1.11. The molecule has 2 N–H and O–H groups in total. The predicted octanol–water partition coefficient (Wildman–Crippen LogP) is 1.92. The lowest BCUT2D eigenvalue weighted by Crippen LogP contribution is -2.51. The van der Waals surface area contributed by atoms with Gasteiger partial charge in [0.15, 0.2) is 0 Å². The Bertz CT molecular complexity index is 389. The van der Waals surface area contributed by atoms with Gasteiger partial charge in [-0.15, -0.1) is 0 Å². The highest BCUT2D eigenvalue weighted by molar-refractivity contribution is 6.32. The first-order valence-electron chi connectivity index (χ1n) is 5.94. The minimum Gasteiger partial charge on any atom is -0.486 e. The van der Waals surface area contributed by atoms with Gasteiger partial charge in [-0.3, -0.25) is 4.90 Å². The molecular formula is C13H19ClN2O. The van der Waals surface area contributed by atoms with Gasteiger partial charge in [0, 0.05) is 19.1 Å². The molecule has 1 aromatic rings. The lowest BCUT2D eigenvalue weighted by atomic mass is 10.1. The third-order valence-electron chi connectivity index (χ3n) is 2.88. The summed E-state index contributed by atoms with van der Waals surface area (Å²) in [6.45, 7) is 3.93. The first-order chi connectivity index (χ1) is 8.04. The highest BCUT2D eigenvalue weighted by atomic mass is 35.5. The number of hydrogen-bond donors (Lipinski definition) is 1. The second-order valence-corrected chi connectivity index (χ2v) is 5.31. The highest BCUT2D eigenvalue weighted by Crippen LogP contribution is 2.28. The number of rotatable bonds is 4. The van der Waals surface area contributed by atoms with Crippen LogP contribution in [0.1, 0.15) is 12.5 Å². The van der Waals surface area contributed by atoms with Gasteiger partial charge in [0.1, 0.15) is 11.9 Å². The first kappa shape index (κ1) is 12.7. The van der Waals surface area contributed by atoms with Crippen LogP contribution in [0.15, 0.2) is 18.2 Å². The van der Waals surface area contributed by atoms with Crippen LogP contribution in [0, 0.1) is 0 Å². The monoisotopic (exact) mass is 254 g/mol. The first-order valence-corrected chi connectivity index (χ1v) is 6.31. The van der Waals surface area contributed by atoms with Gasteiger partial charge in [0.25, 0.3) is 0 Å². The predicted molar refractivity (Wildman–Crippen MR) is 70.7 cm³/mol. The molecule has 0 bridgehead atoms. The van der Waals surface area contributed by atoms with Crippen molar-refractivity contribution in [3.8, 4) is 5.75 Å². The van der Waals surface area contributed by atoms with Gasteiger partial charge >= 0.3 is 0 Å². The van der Waals surface area contributed by atoms with Gasteiger partial charge in [-0.1, -0.05) is 17.7 Å². The Kier molecular flexibility index (Phi) is 3.92. The van der Waals surface area contributed by atoms with E-state index >= 15 is 0 Å². The molecule has 3 nitrogen and oxygen atoms in total. The van der Waals surface area contributed by atoms with E-state index in [0.29, 0.717) is 5.02 Å². The van der Waals surface area contributed by atoms with Crippen LogP contribution >= 0.6 is 11.6 Å². The van der Waals surface area contributed by atoms with Crippen molar-refractivity contribution in [2.75, 3.05) is 20.1 Å². The summed E-state index contributed by atoms with van der Waals surface area (Å²) < 4.78 is 5.81. The molecule has 0 radical (unpaired) electrons. The third-order valence-corrected chi connectivity index (χ3v) is 3.17. The minimum atomic E-state index is 0.151. The zero-order valence-corrected chi connectivity index (χ0v) is 11.1. The van der Waals surface area contributed by atoms with E-state index in [-0.39, 0.29) is 12.1 Å². The zero-order chi connectivity index (χ0) is 12.4. The van der Waals surface area contributed by atoms with Crippen LogP contribution in [0.4, 0.5) is 0 Å². The molecule has 4 heteroatoms. The molecular weight excluding hydrogens is 236 g/mol. The molecule has 1 fully saturated rings. The molecule has 0 aromatic heterocycles. The molecule has 0 spiro atoms. The van der Waals surface area contributed by atoms with E-state index < -0.39 is 0 Å². The van der Waals surface area contributed by atoms with Gasteiger partial charge in [-0.25, -0.2) is 0 Å². The molecule has 94 valence electrons. The van der Waals surface area contributed by atoms with Gasteiger partial charge in [0.2, 0.25) is 0 Å². The summed E-state index contributed by atoms with van der Waals surface area (Å²) in [4.78, 5) is 2.21. The van der Waals surface area contributed by atoms with Crippen LogP contribution in [0.25, 0.3) is 0 Å². The average molecular weight is 255 g/mol. The van der Waals surface area contributed by atoms with Crippen molar-refractivity contribution >= 4 is 11.6 Å². The van der Waals surface area contributed by atoms with Crippen LogP contribution in [0.5, 0.6) is 5.75 Å². The Balaban J connectivity index is 1.99. The standard InChI is InChI=1S/C13H19ClN2O/c1-9(15)5-10-3-4-13(12(14)6-10)17-11-7-16(2)8-11/h3-4,6,9,11H,5,7-8,15H2,1-2H3. The molecule has 0 saturated carbocycles. The number of halogens is 1. The van der Waals surface area contributed by atoms with E-state index in [9.17, 15) is 0 Å². The van der Waals surface area contributed by atoms with Crippen molar-refractivity contribution in [3.05, 3.63) is 28.8 Å². The summed E-state index contributed by atoms with van der Waals surface area (Å²) in [5.41, 5.74) is 6.92. The molecule has 1 atom stereocenters. The van der Waals surface area contributed by atoms with E-state index in [2.05, 4.69) is 11.9 Å². The van der Waals surface area contributed by atoms with E-state index in [0.717, 1.165) is 30.8 Å². The van der Waals surface area contributed by atoms with Crippen molar-refractivity contribution in [2.45, 2.75) is 25.5 Å². The van der Waals surface area contributed by atoms with E-state index in [1.807, 2.05) is 25.1 Å². The van der Waals surface area contributed by atoms with Gasteiger partial charge in [-0.2, -0.15) is 0 Å². The summed E-state index contributed by atoms with van der Waals surface area (Å²) in [5, 5.41) is 0.678. The topological polar surface area (TPSA) is 38.5 Å². The van der Waals surface area contributed by atoms with E-state index in [1.165, 1.54) is 0 Å². The van der Waals surface area contributed by atoms with Crippen molar-refractivity contribution in [1.82, 2.24) is 4.90 Å². The van der Waals surface area contributed by atoms with Gasteiger partial charge < -0.3 is 10.5 Å². The Labute approximate surface area is 107 Å². The Morgan fingerprint density at radius 2 is 2.24 bits per heavy atom. The number of nitrogens with two attached hydrogens (primary N) is 1. The average Bonchev–Trinajstić information content (AvgIpc) is 2.18. The van der Waals surface area contributed by atoms with Crippen LogP contribution in [-0.4, -0.2) is 37.2 Å². The molecule has 1 saturated heterocycles. The Morgan fingerprint density at radius 1 is 1.53 bits per heavy atom. The number of ether oxygens (including phenoxy) is 1. The van der Waals surface area contributed by atoms with Gasteiger partial charge in [-0.05, 0) is 38.1 Å². The lowest BCUT2D eigenvalue weighted by molar-refractivity contribution is 0.0389. The normalized spacial score (nSPS) is 18.8. The fourth-order valence-electron chi connectivity index (χ4n) is 2.03. The summed E-state index contributed by atoms with van der Waals surface area (Å²) in [5.74, 6) is 0.776. The largest absolute Gasteiger partial charge is 0.486 e. The molecule has 1 aliphatic heterocycles. The van der Waals surface area contributed by atoms with E-state index in [4.69, 9.17) is 22.1 Å². The lowest BCUT2D eigenvalue weighted by Gasteiger charge is -2.36. The minimum absolute atomic E-state index is 0.151. The molecule has 1 aromatic carbocycles. The number of nitrogens with zero attached hydrogens (tertiary/aromatic N) is 1. The number of likely N-dealkylation sites (N-methyl/N-ethyl adjacent to an activating group) is 1. The summed E-state index contributed by atoms with van der Waals surface area (Å²) >= 11 is 6.19. The smallest absolute Gasteiger partial charge is 0.138 e. The molecule has 1 unspecified atom stereocenters. The molecule has 0 aliphatic carbocycles. The second kappa shape index (κ2) is 5.25. The van der Waals surface area contributed by atoms with Crippen LogP contribution in [-0.2, 0) is 6.42 Å². The SMILES string of the molecule is CC(N)Cc1ccc(OC2CN(C)C2)c(Cl)c1. The van der Waals surface area contributed by atoms with Gasteiger partial charge in [0.05, 0.1) is 5.02 Å². The molecule has 2 rings (SSSR count). The fourth-order valence-corrected chi connectivity index (χ4v) is 2.28.